The third-order valence-electron chi connectivity index (χ3n) is 5.18. The van der Waals surface area contributed by atoms with Gasteiger partial charge in [0.15, 0.2) is 0 Å². The second-order valence-electron chi connectivity index (χ2n) is 6.82. The predicted octanol–water partition coefficient (Wildman–Crippen LogP) is 1.70. The van der Waals surface area contributed by atoms with E-state index in [1.54, 1.807) is 0 Å². The number of rotatable bonds is 3. The molecule has 1 N–H and O–H groups in total. The zero-order valence-corrected chi connectivity index (χ0v) is 12.7. The minimum Gasteiger partial charge on any atom is -0.433 e. The molecule has 4 aliphatic rings. The maximum atomic E-state index is 12.7. The summed E-state index contributed by atoms with van der Waals surface area (Å²) in [5.74, 6) is -1.93. The number of halogens is 3. The van der Waals surface area contributed by atoms with E-state index in [0.717, 1.165) is 0 Å². The lowest BCUT2D eigenvalue weighted by Gasteiger charge is -2.54. The maximum Gasteiger partial charge on any atom is 0.443 e. The van der Waals surface area contributed by atoms with E-state index in [2.05, 4.69) is 4.74 Å². The number of hydrogen-bond acceptors (Lipinski definition) is 5. The van der Waals surface area contributed by atoms with Crippen LogP contribution in [-0.2, 0) is 24.4 Å². The second-order valence-corrected chi connectivity index (χ2v) is 8.28. The van der Waals surface area contributed by atoms with E-state index in [4.69, 9.17) is 4.55 Å². The van der Waals surface area contributed by atoms with Crippen molar-refractivity contribution in [3.63, 3.8) is 0 Å². The van der Waals surface area contributed by atoms with Crippen LogP contribution in [0.25, 0.3) is 0 Å². The van der Waals surface area contributed by atoms with E-state index in [1.165, 1.54) is 0 Å². The van der Waals surface area contributed by atoms with Crippen molar-refractivity contribution in [2.45, 2.75) is 43.7 Å². The van der Waals surface area contributed by atoms with Crippen molar-refractivity contribution in [1.29, 1.82) is 0 Å². The number of carbonyl (C=O) groups is 2. The molecule has 4 bridgehead atoms. The van der Waals surface area contributed by atoms with Crippen molar-refractivity contribution in [3.8, 4) is 0 Å². The Morgan fingerprint density at radius 2 is 1.74 bits per heavy atom. The van der Waals surface area contributed by atoms with Crippen LogP contribution in [0.1, 0.15) is 32.1 Å². The van der Waals surface area contributed by atoms with Crippen LogP contribution in [0, 0.1) is 23.2 Å². The molecule has 0 aromatic carbocycles. The van der Waals surface area contributed by atoms with Crippen LogP contribution < -0.4 is 0 Å². The topological polar surface area (TPSA) is 97.7 Å². The fourth-order valence-corrected chi connectivity index (χ4v) is 5.06. The zero-order chi connectivity index (χ0) is 17.2. The van der Waals surface area contributed by atoms with Gasteiger partial charge in [-0.25, -0.2) is 0 Å². The average molecular weight is 356 g/mol. The molecule has 0 spiro atoms. The molecule has 0 amide bonds. The van der Waals surface area contributed by atoms with Gasteiger partial charge in [0, 0.05) is 11.8 Å². The first-order valence-electron chi connectivity index (χ1n) is 7.20. The highest BCUT2D eigenvalue weighted by atomic mass is 32.2. The Morgan fingerprint density at radius 3 is 2.17 bits per heavy atom. The number of hydrogen-bond donors (Lipinski definition) is 1. The summed E-state index contributed by atoms with van der Waals surface area (Å²) >= 11 is 0. The van der Waals surface area contributed by atoms with Gasteiger partial charge in [-0.15, -0.1) is 0 Å². The smallest absolute Gasteiger partial charge is 0.433 e. The summed E-state index contributed by atoms with van der Waals surface area (Å²) in [5, 5.41) is 0. The molecule has 0 radical (unpaired) electrons. The van der Waals surface area contributed by atoms with Gasteiger partial charge in [-0.05, 0) is 38.0 Å². The Bertz CT molecular complexity index is 637. The van der Waals surface area contributed by atoms with Crippen molar-refractivity contribution in [1.82, 2.24) is 0 Å². The molecule has 4 rings (SSSR count). The van der Waals surface area contributed by atoms with E-state index in [0.29, 0.717) is 19.3 Å². The maximum absolute atomic E-state index is 12.7. The van der Waals surface area contributed by atoms with Gasteiger partial charge in [0.05, 0.1) is 5.41 Å². The van der Waals surface area contributed by atoms with E-state index in [9.17, 15) is 31.2 Å². The van der Waals surface area contributed by atoms with Gasteiger partial charge in [-0.2, -0.15) is 21.6 Å². The molecule has 0 heterocycles. The molecule has 130 valence electrons. The molecule has 23 heavy (non-hydrogen) atoms. The molecule has 10 heteroatoms. The largest absolute Gasteiger partial charge is 0.443 e. The minimum atomic E-state index is -5.63. The Balaban J connectivity index is 1.85. The van der Waals surface area contributed by atoms with Gasteiger partial charge in [0.25, 0.3) is 0 Å². The molecule has 0 aliphatic heterocycles. The lowest BCUT2D eigenvalue weighted by molar-refractivity contribution is -0.213. The monoisotopic (exact) mass is 356 g/mol. The molecular weight excluding hydrogens is 341 g/mol. The van der Waals surface area contributed by atoms with Crippen LogP contribution in [0.15, 0.2) is 0 Å². The fourth-order valence-electron chi connectivity index (χ4n) is 4.52. The van der Waals surface area contributed by atoms with Crippen LogP contribution in [0.3, 0.4) is 0 Å². The van der Waals surface area contributed by atoms with Gasteiger partial charge >= 0.3 is 27.7 Å². The van der Waals surface area contributed by atoms with E-state index >= 15 is 0 Å². The first-order chi connectivity index (χ1) is 10.4. The Kier molecular flexibility index (Phi) is 3.57. The third kappa shape index (κ3) is 2.75. The summed E-state index contributed by atoms with van der Waals surface area (Å²) in [6.07, 6.45) is -3.72. The molecule has 4 fully saturated rings. The Morgan fingerprint density at radius 1 is 1.22 bits per heavy atom. The van der Waals surface area contributed by atoms with E-state index < -0.39 is 33.1 Å². The first kappa shape index (κ1) is 16.7. The van der Waals surface area contributed by atoms with Gasteiger partial charge in [0.1, 0.15) is 5.78 Å². The molecule has 6 nitrogen and oxygen atoms in total. The SMILES string of the molecule is O=C1C2CC3CC1CC(C(=O)OC(C(F)(F)F)S(=O)(=O)O)(C3)C2. The van der Waals surface area contributed by atoms with Crippen LogP contribution in [0.4, 0.5) is 13.2 Å². The van der Waals surface area contributed by atoms with Crippen molar-refractivity contribution >= 4 is 21.9 Å². The lowest BCUT2D eigenvalue weighted by atomic mass is 9.49. The summed E-state index contributed by atoms with van der Waals surface area (Å²) in [5.41, 5.74) is -4.84. The highest BCUT2D eigenvalue weighted by molar-refractivity contribution is 7.86. The number of Topliss-reactive ketones (excluding diaryl/α,β-unsaturated/α-hetero) is 1. The first-order valence-corrected chi connectivity index (χ1v) is 8.70. The van der Waals surface area contributed by atoms with Crippen molar-refractivity contribution in [3.05, 3.63) is 0 Å². The van der Waals surface area contributed by atoms with Crippen LogP contribution in [0.5, 0.6) is 0 Å². The number of ether oxygens (including phenoxy) is 1. The number of ketones is 1. The number of carbonyl (C=O) groups excluding carboxylic acids is 2. The Labute approximate surface area is 130 Å². The molecule has 0 aromatic rings. The van der Waals surface area contributed by atoms with Crippen LogP contribution >= 0.6 is 0 Å². The molecular formula is C13H15F3O6S. The molecule has 0 aromatic heterocycles. The molecule has 4 aliphatic carbocycles. The van der Waals surface area contributed by atoms with E-state index in [-0.39, 0.29) is 36.4 Å². The number of alkyl halides is 3. The Hall–Kier alpha value is -1.16. The highest BCUT2D eigenvalue weighted by Crippen LogP contribution is 2.59. The third-order valence-corrected chi connectivity index (χ3v) is 6.08. The molecule has 3 unspecified atom stereocenters. The number of esters is 1. The molecule has 0 saturated heterocycles. The quantitative estimate of drug-likeness (QED) is 0.611. The minimum absolute atomic E-state index is 0.0338. The summed E-state index contributed by atoms with van der Waals surface area (Å²) < 4.78 is 72.9. The predicted molar refractivity (Wildman–Crippen MR) is 68.5 cm³/mol. The fraction of sp³-hybridized carbons (Fsp3) is 0.846. The van der Waals surface area contributed by atoms with E-state index in [1.807, 2.05) is 0 Å². The van der Waals surface area contributed by atoms with Crippen molar-refractivity contribution in [2.24, 2.45) is 23.2 Å². The molecule has 3 atom stereocenters. The average Bonchev–Trinajstić information content (AvgIpc) is 2.38. The van der Waals surface area contributed by atoms with Gasteiger partial charge in [0.2, 0.25) is 0 Å². The van der Waals surface area contributed by atoms with Gasteiger partial charge in [-0.1, -0.05) is 0 Å². The molecule has 4 saturated carbocycles. The second kappa shape index (κ2) is 4.92. The van der Waals surface area contributed by atoms with Crippen molar-refractivity contribution < 1.29 is 40.5 Å². The summed E-state index contributed by atoms with van der Waals surface area (Å²) in [7, 11) is -5.63. The summed E-state index contributed by atoms with van der Waals surface area (Å²) in [6, 6.07) is 0. The van der Waals surface area contributed by atoms with Gasteiger partial charge < -0.3 is 4.74 Å². The summed E-state index contributed by atoms with van der Waals surface area (Å²) in [4.78, 5) is 24.3. The van der Waals surface area contributed by atoms with Crippen LogP contribution in [0.2, 0.25) is 0 Å². The highest BCUT2D eigenvalue weighted by Gasteiger charge is 2.61. The zero-order valence-electron chi connectivity index (χ0n) is 11.9. The lowest BCUT2D eigenvalue weighted by Crippen LogP contribution is -2.56. The van der Waals surface area contributed by atoms with Crippen molar-refractivity contribution in [2.75, 3.05) is 0 Å². The van der Waals surface area contributed by atoms with Crippen LogP contribution in [-0.4, -0.2) is 36.3 Å². The van der Waals surface area contributed by atoms with Gasteiger partial charge in [-0.3, -0.25) is 14.1 Å². The normalized spacial score (nSPS) is 37.7. The standard InChI is InChI=1S/C13H15F3O6S/c14-13(15,16)11(23(19,20)21)22-10(18)12-3-6-1-7(4-12)9(17)8(2-6)5-12/h6-8,11H,1-5H2,(H,19,20,21). The summed E-state index contributed by atoms with van der Waals surface area (Å²) in [6.45, 7) is 0.